The van der Waals surface area contributed by atoms with Crippen molar-refractivity contribution in [2.75, 3.05) is 5.32 Å². The van der Waals surface area contributed by atoms with E-state index in [-0.39, 0.29) is 6.04 Å². The van der Waals surface area contributed by atoms with Crippen molar-refractivity contribution in [3.8, 4) is 0 Å². The number of hydrogen-bond donors (Lipinski definition) is 1. The lowest BCUT2D eigenvalue weighted by Gasteiger charge is -2.13. The van der Waals surface area contributed by atoms with Gasteiger partial charge in [0.15, 0.2) is 0 Å². The molecule has 0 aliphatic carbocycles. The first kappa shape index (κ1) is 15.3. The zero-order valence-corrected chi connectivity index (χ0v) is 14.0. The van der Waals surface area contributed by atoms with Crippen LogP contribution in [0.2, 0.25) is 0 Å². The summed E-state index contributed by atoms with van der Waals surface area (Å²) in [7, 11) is 0. The highest BCUT2D eigenvalue weighted by molar-refractivity contribution is 5.87. The van der Waals surface area contributed by atoms with Crippen molar-refractivity contribution in [3.05, 3.63) is 65.9 Å². The van der Waals surface area contributed by atoms with Gasteiger partial charge in [-0.3, -0.25) is 4.68 Å². The molecule has 0 aliphatic heterocycles. The van der Waals surface area contributed by atoms with Gasteiger partial charge in [-0.25, -0.2) is 4.98 Å². The molecule has 0 spiro atoms. The zero-order chi connectivity index (χ0) is 17.2. The summed E-state index contributed by atoms with van der Waals surface area (Å²) in [6.45, 7) is 4.69. The Bertz CT molecular complexity index is 991. The molecule has 4 aromatic rings. The summed E-state index contributed by atoms with van der Waals surface area (Å²) in [5, 5.41) is 12.6. The number of nitrogens with one attached hydrogen (secondary N) is 1. The van der Waals surface area contributed by atoms with Crippen molar-refractivity contribution in [2.24, 2.45) is 0 Å². The van der Waals surface area contributed by atoms with E-state index in [4.69, 9.17) is 4.52 Å². The van der Waals surface area contributed by atoms with E-state index in [2.05, 4.69) is 44.6 Å². The summed E-state index contributed by atoms with van der Waals surface area (Å²) in [5.74, 6) is 0.715. The van der Waals surface area contributed by atoms with Crippen molar-refractivity contribution in [1.82, 2.24) is 24.9 Å². The van der Waals surface area contributed by atoms with Crippen LogP contribution in [0.3, 0.4) is 0 Å². The molecule has 4 rings (SSSR count). The van der Waals surface area contributed by atoms with Gasteiger partial charge in [0.2, 0.25) is 0 Å². The predicted molar refractivity (Wildman–Crippen MR) is 94.1 cm³/mol. The van der Waals surface area contributed by atoms with E-state index in [1.165, 1.54) is 11.9 Å². The largest absolute Gasteiger partial charge is 0.363 e. The molecule has 7 nitrogen and oxygen atoms in total. The number of hydrogen-bond acceptors (Lipinski definition) is 6. The Balaban J connectivity index is 1.53. The van der Waals surface area contributed by atoms with Crippen LogP contribution in [0.25, 0.3) is 11.1 Å². The second kappa shape index (κ2) is 6.35. The summed E-state index contributed by atoms with van der Waals surface area (Å²) < 4.78 is 7.12. The lowest BCUT2D eigenvalue weighted by Crippen LogP contribution is -2.08. The molecule has 1 unspecified atom stereocenters. The van der Waals surface area contributed by atoms with Gasteiger partial charge in [0.1, 0.15) is 17.5 Å². The Morgan fingerprint density at radius 2 is 2.04 bits per heavy atom. The lowest BCUT2D eigenvalue weighted by molar-refractivity contribution is 0.442. The maximum Gasteiger partial charge on any atom is 0.263 e. The third kappa shape index (κ3) is 3.08. The van der Waals surface area contributed by atoms with Crippen molar-refractivity contribution in [1.29, 1.82) is 0 Å². The van der Waals surface area contributed by atoms with Gasteiger partial charge in [0.05, 0.1) is 24.5 Å². The van der Waals surface area contributed by atoms with E-state index >= 15 is 0 Å². The topological polar surface area (TPSA) is 81.7 Å². The van der Waals surface area contributed by atoms with Gasteiger partial charge in [-0.15, -0.1) is 0 Å². The zero-order valence-electron chi connectivity index (χ0n) is 14.0. The molecule has 126 valence electrons. The molecule has 0 radical (unpaired) electrons. The monoisotopic (exact) mass is 334 g/mol. The van der Waals surface area contributed by atoms with Crippen molar-refractivity contribution in [2.45, 2.75) is 26.4 Å². The molecule has 0 bridgehead atoms. The van der Waals surface area contributed by atoms with E-state index in [0.29, 0.717) is 11.5 Å². The molecule has 25 heavy (non-hydrogen) atoms. The molecule has 1 atom stereocenters. The summed E-state index contributed by atoms with van der Waals surface area (Å²) in [4.78, 5) is 8.43. The van der Waals surface area contributed by atoms with E-state index in [1.54, 1.807) is 0 Å². The van der Waals surface area contributed by atoms with Crippen LogP contribution in [0, 0.1) is 6.92 Å². The standard InChI is InChI=1S/C18H18N6O/c1-12(22-17-16-13(2)23-25-18(16)20-11-19-17)15-8-21-24(10-15)9-14-6-4-3-5-7-14/h3-8,10-12H,9H2,1-2H3,(H,19,20,22). The van der Waals surface area contributed by atoms with Crippen LogP contribution in [0.1, 0.15) is 29.8 Å². The van der Waals surface area contributed by atoms with E-state index in [0.717, 1.165) is 23.2 Å². The van der Waals surface area contributed by atoms with E-state index < -0.39 is 0 Å². The minimum Gasteiger partial charge on any atom is -0.363 e. The molecule has 0 saturated heterocycles. The van der Waals surface area contributed by atoms with Gasteiger partial charge >= 0.3 is 0 Å². The molecule has 3 heterocycles. The van der Waals surface area contributed by atoms with Crippen LogP contribution < -0.4 is 5.32 Å². The molecule has 0 fully saturated rings. The Morgan fingerprint density at radius 3 is 2.88 bits per heavy atom. The quantitative estimate of drug-likeness (QED) is 0.603. The van der Waals surface area contributed by atoms with Gasteiger partial charge in [-0.1, -0.05) is 35.5 Å². The number of rotatable bonds is 5. The summed E-state index contributed by atoms with van der Waals surface area (Å²) in [6.07, 6.45) is 5.39. The molecular weight excluding hydrogens is 316 g/mol. The van der Waals surface area contributed by atoms with Gasteiger partial charge in [-0.05, 0) is 19.4 Å². The van der Waals surface area contributed by atoms with Gasteiger partial charge < -0.3 is 9.84 Å². The lowest BCUT2D eigenvalue weighted by atomic mass is 10.2. The van der Waals surface area contributed by atoms with E-state index in [1.807, 2.05) is 42.2 Å². The van der Waals surface area contributed by atoms with Crippen molar-refractivity contribution < 1.29 is 4.52 Å². The van der Waals surface area contributed by atoms with Crippen molar-refractivity contribution in [3.63, 3.8) is 0 Å². The fourth-order valence-corrected chi connectivity index (χ4v) is 2.78. The van der Waals surface area contributed by atoms with Gasteiger partial charge in [0.25, 0.3) is 5.71 Å². The first-order valence-electron chi connectivity index (χ1n) is 8.10. The molecule has 0 amide bonds. The van der Waals surface area contributed by atoms with Crippen molar-refractivity contribution >= 4 is 16.9 Å². The highest BCUT2D eigenvalue weighted by atomic mass is 16.5. The summed E-state index contributed by atoms with van der Waals surface area (Å²) in [6, 6.07) is 10.3. The van der Waals surface area contributed by atoms with Crippen LogP contribution in [-0.2, 0) is 6.54 Å². The summed E-state index contributed by atoms with van der Waals surface area (Å²) in [5.41, 5.74) is 3.55. The average molecular weight is 334 g/mol. The van der Waals surface area contributed by atoms with Crippen LogP contribution in [0.5, 0.6) is 0 Å². The van der Waals surface area contributed by atoms with Gasteiger partial charge in [-0.2, -0.15) is 10.1 Å². The summed E-state index contributed by atoms with van der Waals surface area (Å²) >= 11 is 0. The number of nitrogens with zero attached hydrogens (tertiary/aromatic N) is 5. The first-order chi connectivity index (χ1) is 12.2. The van der Waals surface area contributed by atoms with Crippen LogP contribution in [0.4, 0.5) is 5.82 Å². The first-order valence-corrected chi connectivity index (χ1v) is 8.10. The Kier molecular flexibility index (Phi) is 3.89. The maximum absolute atomic E-state index is 5.19. The fourth-order valence-electron chi connectivity index (χ4n) is 2.78. The second-order valence-corrected chi connectivity index (χ2v) is 5.99. The SMILES string of the molecule is Cc1noc2ncnc(NC(C)c3cnn(Cc4ccccc4)c3)c12. The smallest absolute Gasteiger partial charge is 0.263 e. The van der Waals surface area contributed by atoms with Crippen LogP contribution in [0.15, 0.2) is 53.6 Å². The number of aryl methyl sites for hydroxylation is 1. The molecule has 1 aromatic carbocycles. The third-order valence-electron chi connectivity index (χ3n) is 4.14. The number of benzene rings is 1. The normalized spacial score (nSPS) is 12.4. The van der Waals surface area contributed by atoms with E-state index in [9.17, 15) is 0 Å². The number of aromatic nitrogens is 5. The Morgan fingerprint density at radius 1 is 1.20 bits per heavy atom. The maximum atomic E-state index is 5.19. The number of fused-ring (bicyclic) bond motifs is 1. The highest BCUT2D eigenvalue weighted by Crippen LogP contribution is 2.26. The minimum atomic E-state index is 0.0388. The fraction of sp³-hybridized carbons (Fsp3) is 0.222. The van der Waals surface area contributed by atoms with Crippen LogP contribution >= 0.6 is 0 Å². The second-order valence-electron chi connectivity index (χ2n) is 5.99. The molecule has 0 aliphatic rings. The van der Waals surface area contributed by atoms with Crippen LogP contribution in [-0.4, -0.2) is 24.9 Å². The molecule has 0 saturated carbocycles. The minimum absolute atomic E-state index is 0.0388. The predicted octanol–water partition coefficient (Wildman–Crippen LogP) is 3.34. The highest BCUT2D eigenvalue weighted by Gasteiger charge is 2.15. The Hall–Kier alpha value is -3.22. The molecule has 1 N–H and O–H groups in total. The Labute approximate surface area is 144 Å². The molecular formula is C18H18N6O. The molecule has 3 aromatic heterocycles. The average Bonchev–Trinajstić information content (AvgIpc) is 3.24. The molecule has 7 heteroatoms. The third-order valence-corrected chi connectivity index (χ3v) is 4.14. The van der Waals surface area contributed by atoms with Gasteiger partial charge in [0, 0.05) is 11.8 Å². The number of anilines is 1.